The van der Waals surface area contributed by atoms with E-state index < -0.39 is 42.5 Å². The summed E-state index contributed by atoms with van der Waals surface area (Å²) in [5, 5.41) is 5.23. The van der Waals surface area contributed by atoms with E-state index in [1.165, 1.54) is 6.26 Å². The number of esters is 1. The topological polar surface area (TPSA) is 118 Å². The fraction of sp³-hybridized carbons (Fsp3) is 0.529. The van der Waals surface area contributed by atoms with Crippen LogP contribution in [0.3, 0.4) is 0 Å². The van der Waals surface area contributed by atoms with Crippen LogP contribution in [0, 0.1) is 0 Å². The Kier molecular flexibility index (Phi) is 6.01. The second-order valence-electron chi connectivity index (χ2n) is 6.08. The smallest absolute Gasteiger partial charge is 0.326 e. The number of imide groups is 1. The number of carbonyl (C=O) groups is 4. The molecule has 1 aliphatic rings. The lowest BCUT2D eigenvalue weighted by atomic mass is 9.93. The van der Waals surface area contributed by atoms with Crippen LogP contribution < -0.4 is 10.6 Å². The van der Waals surface area contributed by atoms with E-state index in [0.29, 0.717) is 18.6 Å². The zero-order chi connectivity index (χ0) is 19.3. The highest BCUT2D eigenvalue weighted by atomic mass is 16.5. The summed E-state index contributed by atoms with van der Waals surface area (Å²) in [6.45, 7) is 4.25. The molecule has 0 saturated carbocycles. The van der Waals surface area contributed by atoms with E-state index in [1.807, 2.05) is 0 Å². The van der Waals surface area contributed by atoms with Crippen molar-refractivity contribution >= 4 is 23.8 Å². The molecule has 26 heavy (non-hydrogen) atoms. The first kappa shape index (κ1) is 19.5. The molecule has 1 saturated heterocycles. The van der Waals surface area contributed by atoms with Gasteiger partial charge in [0.25, 0.3) is 11.8 Å². The van der Waals surface area contributed by atoms with Crippen LogP contribution >= 0.6 is 0 Å². The fourth-order valence-electron chi connectivity index (χ4n) is 2.76. The number of ether oxygens (including phenoxy) is 1. The number of hydrogen-bond acceptors (Lipinski definition) is 6. The van der Waals surface area contributed by atoms with Crippen molar-refractivity contribution in [1.29, 1.82) is 0 Å². The molecule has 1 aliphatic heterocycles. The van der Waals surface area contributed by atoms with Crippen LogP contribution in [0.4, 0.5) is 4.79 Å². The van der Waals surface area contributed by atoms with Gasteiger partial charge >= 0.3 is 12.0 Å². The van der Waals surface area contributed by atoms with E-state index in [9.17, 15) is 19.2 Å². The van der Waals surface area contributed by atoms with Crippen molar-refractivity contribution < 1.29 is 28.3 Å². The van der Waals surface area contributed by atoms with E-state index in [4.69, 9.17) is 9.15 Å². The van der Waals surface area contributed by atoms with E-state index in [1.54, 1.807) is 32.9 Å². The van der Waals surface area contributed by atoms with Gasteiger partial charge in [-0.3, -0.25) is 19.3 Å². The van der Waals surface area contributed by atoms with Gasteiger partial charge in [0.05, 0.1) is 12.3 Å². The monoisotopic (exact) mass is 365 g/mol. The summed E-state index contributed by atoms with van der Waals surface area (Å²) < 4.78 is 10.0. The Hall–Kier alpha value is -2.84. The molecule has 0 radical (unpaired) electrons. The lowest BCUT2D eigenvalue weighted by Crippen LogP contribution is -2.46. The average molecular weight is 365 g/mol. The predicted octanol–water partition coefficient (Wildman–Crippen LogP) is 1.11. The summed E-state index contributed by atoms with van der Waals surface area (Å²) in [4.78, 5) is 48.9. The lowest BCUT2D eigenvalue weighted by molar-refractivity contribution is -0.151. The summed E-state index contributed by atoms with van der Waals surface area (Å²) in [7, 11) is 0. The summed E-state index contributed by atoms with van der Waals surface area (Å²) in [6, 6.07) is 2.40. The molecular formula is C17H23N3O6. The van der Waals surface area contributed by atoms with E-state index >= 15 is 0 Å². The largest absolute Gasteiger partial charge is 0.467 e. The molecule has 0 aromatic carbocycles. The molecule has 1 atom stereocenters. The quantitative estimate of drug-likeness (QED) is 0.526. The highest BCUT2D eigenvalue weighted by molar-refractivity contribution is 6.08. The third-order valence-electron chi connectivity index (χ3n) is 4.45. The first-order valence-corrected chi connectivity index (χ1v) is 8.45. The van der Waals surface area contributed by atoms with Gasteiger partial charge in [-0.25, -0.2) is 4.79 Å². The molecule has 1 fully saturated rings. The minimum absolute atomic E-state index is 0.378. The molecule has 0 bridgehead atoms. The first-order valence-electron chi connectivity index (χ1n) is 8.45. The number of carbonyl (C=O) groups excluding carboxylic acids is 4. The van der Waals surface area contributed by atoms with Crippen molar-refractivity contribution in [3.63, 3.8) is 0 Å². The molecule has 2 heterocycles. The van der Waals surface area contributed by atoms with Gasteiger partial charge < -0.3 is 19.8 Å². The van der Waals surface area contributed by atoms with E-state index in [-0.39, 0.29) is 6.04 Å². The number of urea groups is 1. The average Bonchev–Trinajstić information content (AvgIpc) is 3.23. The minimum atomic E-state index is -0.979. The van der Waals surface area contributed by atoms with Crippen molar-refractivity contribution in [3.8, 4) is 0 Å². The van der Waals surface area contributed by atoms with Crippen molar-refractivity contribution in [2.24, 2.45) is 0 Å². The third kappa shape index (κ3) is 4.04. The number of amides is 4. The van der Waals surface area contributed by atoms with Crippen molar-refractivity contribution in [2.75, 3.05) is 13.2 Å². The Morgan fingerprint density at radius 1 is 1.35 bits per heavy atom. The van der Waals surface area contributed by atoms with Gasteiger partial charge in [0.15, 0.2) is 6.61 Å². The second kappa shape index (κ2) is 8.03. The van der Waals surface area contributed by atoms with Crippen LogP contribution in [0.1, 0.15) is 45.4 Å². The molecule has 9 nitrogen and oxygen atoms in total. The van der Waals surface area contributed by atoms with Crippen molar-refractivity contribution in [1.82, 2.24) is 15.5 Å². The van der Waals surface area contributed by atoms with Gasteiger partial charge in [-0.1, -0.05) is 13.8 Å². The Balaban J connectivity index is 1.82. The third-order valence-corrected chi connectivity index (χ3v) is 4.45. The van der Waals surface area contributed by atoms with Crippen molar-refractivity contribution in [2.45, 2.75) is 45.2 Å². The van der Waals surface area contributed by atoms with Gasteiger partial charge in [0.2, 0.25) is 0 Å². The highest BCUT2D eigenvalue weighted by Crippen LogP contribution is 2.24. The SMILES string of the molecule is CCC1(CC)NC(=O)N(CC(=O)OCC(=O)N[C@@H](C)c2ccco2)C1=O. The molecular weight excluding hydrogens is 342 g/mol. The molecule has 0 aliphatic carbocycles. The molecule has 2 rings (SSSR count). The summed E-state index contributed by atoms with van der Waals surface area (Å²) in [6.07, 6.45) is 2.34. The number of nitrogens with one attached hydrogen (secondary N) is 2. The highest BCUT2D eigenvalue weighted by Gasteiger charge is 2.49. The van der Waals surface area contributed by atoms with E-state index in [0.717, 1.165) is 4.90 Å². The maximum absolute atomic E-state index is 12.4. The summed E-state index contributed by atoms with van der Waals surface area (Å²) in [5.74, 6) is -1.24. The number of rotatable bonds is 8. The lowest BCUT2D eigenvalue weighted by Gasteiger charge is -2.22. The van der Waals surface area contributed by atoms with Crippen LogP contribution in [0.25, 0.3) is 0 Å². The molecule has 142 valence electrons. The molecule has 0 unspecified atom stereocenters. The Bertz CT molecular complexity index is 681. The Morgan fingerprint density at radius 3 is 2.58 bits per heavy atom. The first-order chi connectivity index (χ1) is 12.3. The molecule has 1 aromatic rings. The molecule has 4 amide bonds. The predicted molar refractivity (Wildman–Crippen MR) is 89.8 cm³/mol. The maximum Gasteiger partial charge on any atom is 0.326 e. The zero-order valence-electron chi connectivity index (χ0n) is 15.0. The van der Waals surface area contributed by atoms with Gasteiger partial charge in [-0.2, -0.15) is 0 Å². The number of furan rings is 1. The minimum Gasteiger partial charge on any atom is -0.467 e. The second-order valence-corrected chi connectivity index (χ2v) is 6.08. The van der Waals surface area contributed by atoms with Gasteiger partial charge in [-0.05, 0) is 31.9 Å². The van der Waals surface area contributed by atoms with Gasteiger partial charge in [-0.15, -0.1) is 0 Å². The molecule has 1 aromatic heterocycles. The number of hydrogen-bond donors (Lipinski definition) is 2. The van der Waals surface area contributed by atoms with Crippen molar-refractivity contribution in [3.05, 3.63) is 24.2 Å². The number of nitrogens with zero attached hydrogens (tertiary/aromatic N) is 1. The van der Waals surface area contributed by atoms with E-state index in [2.05, 4.69) is 10.6 Å². The van der Waals surface area contributed by atoms with Gasteiger partial charge in [0.1, 0.15) is 17.8 Å². The van der Waals surface area contributed by atoms with Gasteiger partial charge in [0, 0.05) is 0 Å². The van der Waals surface area contributed by atoms with Crippen LogP contribution in [-0.2, 0) is 19.1 Å². The van der Waals surface area contributed by atoms with Crippen LogP contribution in [-0.4, -0.2) is 47.4 Å². The normalized spacial score (nSPS) is 17.0. The summed E-state index contributed by atoms with van der Waals surface area (Å²) >= 11 is 0. The fourth-order valence-corrected chi connectivity index (χ4v) is 2.76. The molecule has 0 spiro atoms. The Morgan fingerprint density at radius 2 is 2.04 bits per heavy atom. The van der Waals surface area contributed by atoms with Crippen LogP contribution in [0.15, 0.2) is 22.8 Å². The van der Waals surface area contributed by atoms with Crippen LogP contribution in [0.2, 0.25) is 0 Å². The maximum atomic E-state index is 12.4. The van der Waals surface area contributed by atoms with Crippen LogP contribution in [0.5, 0.6) is 0 Å². The summed E-state index contributed by atoms with van der Waals surface area (Å²) in [5.41, 5.74) is -0.979. The zero-order valence-corrected chi connectivity index (χ0v) is 15.0. The molecule has 9 heteroatoms. The Labute approximate surface area is 151 Å². The standard InChI is InChI=1S/C17H23N3O6/c1-4-17(5-2)15(23)20(16(24)19-17)9-14(22)26-10-13(21)18-11(3)12-7-6-8-25-12/h6-8,11H,4-5,9-10H2,1-3H3,(H,18,21)(H,19,24)/t11-/m0/s1. The molecule has 2 N–H and O–H groups in total.